The van der Waals surface area contributed by atoms with Crippen LogP contribution < -0.4 is 0 Å². The van der Waals surface area contributed by atoms with Gasteiger partial charge in [-0.15, -0.1) is 0 Å². The summed E-state index contributed by atoms with van der Waals surface area (Å²) in [5, 5.41) is 0. The lowest BCUT2D eigenvalue weighted by atomic mass is 10.2. The first-order chi connectivity index (χ1) is 6.17. The smallest absolute Gasteiger partial charge is 0.249 e. The number of rotatable bonds is 6. The maximum Gasteiger partial charge on any atom is 0.249 e. The highest BCUT2D eigenvalue weighted by Crippen LogP contribution is 2.04. The molecule has 0 unspecified atom stereocenters. The third-order valence-electron chi connectivity index (χ3n) is 2.18. The van der Waals surface area contributed by atoms with Gasteiger partial charge < -0.3 is 4.90 Å². The SMILES string of the molecule is C=C(CC)C(=O)N(CC)CCCC. The number of likely N-dealkylation sites (N-methyl/N-ethyl adjacent to an activating group) is 1. The Bertz CT molecular complexity index is 175. The molecule has 0 bridgehead atoms. The molecule has 1 amide bonds. The molecule has 0 fully saturated rings. The molecule has 0 saturated carbocycles. The van der Waals surface area contributed by atoms with Crippen LogP contribution in [0.15, 0.2) is 12.2 Å². The van der Waals surface area contributed by atoms with E-state index in [1.165, 1.54) is 0 Å². The van der Waals surface area contributed by atoms with Crippen LogP contribution in [0.2, 0.25) is 0 Å². The van der Waals surface area contributed by atoms with Crippen LogP contribution in [0.3, 0.4) is 0 Å². The van der Waals surface area contributed by atoms with Gasteiger partial charge in [-0.1, -0.05) is 26.8 Å². The van der Waals surface area contributed by atoms with E-state index in [0.717, 1.165) is 37.9 Å². The molecule has 0 aromatic heterocycles. The molecule has 0 heterocycles. The van der Waals surface area contributed by atoms with Crippen LogP contribution >= 0.6 is 0 Å². The second-order valence-electron chi connectivity index (χ2n) is 3.20. The number of hydrogen-bond donors (Lipinski definition) is 0. The van der Waals surface area contributed by atoms with Crippen molar-refractivity contribution >= 4 is 5.91 Å². The average molecular weight is 183 g/mol. The maximum atomic E-state index is 11.6. The van der Waals surface area contributed by atoms with Crippen molar-refractivity contribution in [2.24, 2.45) is 0 Å². The van der Waals surface area contributed by atoms with Crippen LogP contribution in [0.1, 0.15) is 40.0 Å². The van der Waals surface area contributed by atoms with E-state index >= 15 is 0 Å². The highest BCUT2D eigenvalue weighted by molar-refractivity contribution is 5.92. The van der Waals surface area contributed by atoms with Gasteiger partial charge in [0.25, 0.3) is 0 Å². The number of amides is 1. The predicted octanol–water partition coefficient (Wildman–Crippen LogP) is 2.60. The van der Waals surface area contributed by atoms with Gasteiger partial charge in [0.1, 0.15) is 0 Å². The van der Waals surface area contributed by atoms with Crippen molar-refractivity contribution in [2.75, 3.05) is 13.1 Å². The van der Waals surface area contributed by atoms with Crippen molar-refractivity contribution in [2.45, 2.75) is 40.0 Å². The molecule has 2 nitrogen and oxygen atoms in total. The molecule has 0 rings (SSSR count). The lowest BCUT2D eigenvalue weighted by molar-refractivity contribution is -0.127. The van der Waals surface area contributed by atoms with E-state index in [2.05, 4.69) is 13.5 Å². The zero-order chi connectivity index (χ0) is 10.3. The Morgan fingerprint density at radius 3 is 2.31 bits per heavy atom. The number of carbonyl (C=O) groups is 1. The molecule has 0 aliphatic rings. The fourth-order valence-electron chi connectivity index (χ4n) is 1.13. The van der Waals surface area contributed by atoms with E-state index in [0.29, 0.717) is 0 Å². The van der Waals surface area contributed by atoms with Crippen LogP contribution in [0.25, 0.3) is 0 Å². The molecule has 0 aromatic rings. The van der Waals surface area contributed by atoms with E-state index in [4.69, 9.17) is 0 Å². The van der Waals surface area contributed by atoms with Crippen molar-refractivity contribution in [3.63, 3.8) is 0 Å². The minimum absolute atomic E-state index is 0.124. The van der Waals surface area contributed by atoms with E-state index in [1.54, 1.807) is 0 Å². The standard InChI is InChI=1S/C11H21NO/c1-5-8-9-12(7-3)11(13)10(4)6-2/h4-9H2,1-3H3. The first-order valence-corrected chi connectivity index (χ1v) is 5.14. The Labute approximate surface area is 81.6 Å². The Balaban J connectivity index is 4.06. The molecule has 0 saturated heterocycles. The number of carbonyl (C=O) groups excluding carboxylic acids is 1. The summed E-state index contributed by atoms with van der Waals surface area (Å²) < 4.78 is 0. The summed E-state index contributed by atoms with van der Waals surface area (Å²) in [5.74, 6) is 0.124. The van der Waals surface area contributed by atoms with Crippen LogP contribution in [-0.2, 0) is 4.79 Å². The summed E-state index contributed by atoms with van der Waals surface area (Å²) in [4.78, 5) is 13.5. The van der Waals surface area contributed by atoms with Gasteiger partial charge in [-0.3, -0.25) is 4.79 Å². The Morgan fingerprint density at radius 2 is 1.92 bits per heavy atom. The van der Waals surface area contributed by atoms with Gasteiger partial charge in [0.2, 0.25) is 5.91 Å². The minimum atomic E-state index is 0.124. The van der Waals surface area contributed by atoms with Crippen molar-refractivity contribution in [1.82, 2.24) is 4.90 Å². The van der Waals surface area contributed by atoms with Crippen LogP contribution in [0.5, 0.6) is 0 Å². The molecule has 76 valence electrons. The number of hydrogen-bond acceptors (Lipinski definition) is 1. The molecule has 0 atom stereocenters. The fourth-order valence-corrected chi connectivity index (χ4v) is 1.13. The number of nitrogens with zero attached hydrogens (tertiary/aromatic N) is 1. The monoisotopic (exact) mass is 183 g/mol. The second kappa shape index (κ2) is 6.70. The first kappa shape index (κ1) is 12.2. The maximum absolute atomic E-state index is 11.6. The van der Waals surface area contributed by atoms with E-state index < -0.39 is 0 Å². The van der Waals surface area contributed by atoms with Crippen molar-refractivity contribution < 1.29 is 4.79 Å². The summed E-state index contributed by atoms with van der Waals surface area (Å²) in [5.41, 5.74) is 0.720. The molecular formula is C11H21NO. The Morgan fingerprint density at radius 1 is 1.31 bits per heavy atom. The predicted molar refractivity (Wildman–Crippen MR) is 56.6 cm³/mol. The molecule has 0 aliphatic carbocycles. The topological polar surface area (TPSA) is 20.3 Å². The lowest BCUT2D eigenvalue weighted by Crippen LogP contribution is -2.32. The van der Waals surface area contributed by atoms with Crippen LogP contribution in [-0.4, -0.2) is 23.9 Å². The minimum Gasteiger partial charge on any atom is -0.339 e. The molecule has 0 aromatic carbocycles. The molecule has 0 radical (unpaired) electrons. The third-order valence-corrected chi connectivity index (χ3v) is 2.18. The molecule has 13 heavy (non-hydrogen) atoms. The van der Waals surface area contributed by atoms with Gasteiger partial charge in [-0.25, -0.2) is 0 Å². The zero-order valence-corrected chi connectivity index (χ0v) is 9.10. The van der Waals surface area contributed by atoms with E-state index in [-0.39, 0.29) is 5.91 Å². The van der Waals surface area contributed by atoms with Gasteiger partial charge in [0.05, 0.1) is 0 Å². The molecule has 0 aliphatic heterocycles. The van der Waals surface area contributed by atoms with Crippen LogP contribution in [0.4, 0.5) is 0 Å². The summed E-state index contributed by atoms with van der Waals surface area (Å²) in [7, 11) is 0. The van der Waals surface area contributed by atoms with Crippen LogP contribution in [0, 0.1) is 0 Å². The van der Waals surface area contributed by atoms with Crippen molar-refractivity contribution in [3.8, 4) is 0 Å². The van der Waals surface area contributed by atoms with Gasteiger partial charge in [0, 0.05) is 18.7 Å². The molecular weight excluding hydrogens is 162 g/mol. The fraction of sp³-hybridized carbons (Fsp3) is 0.727. The molecule has 2 heteroatoms. The quantitative estimate of drug-likeness (QED) is 0.580. The van der Waals surface area contributed by atoms with Gasteiger partial charge in [0.15, 0.2) is 0 Å². The first-order valence-electron chi connectivity index (χ1n) is 5.14. The van der Waals surface area contributed by atoms with E-state index in [9.17, 15) is 4.79 Å². The normalized spacial score (nSPS) is 9.77. The summed E-state index contributed by atoms with van der Waals surface area (Å²) in [6.45, 7) is 11.5. The second-order valence-corrected chi connectivity index (χ2v) is 3.20. The molecule has 0 spiro atoms. The largest absolute Gasteiger partial charge is 0.339 e. The Kier molecular flexibility index (Phi) is 6.29. The van der Waals surface area contributed by atoms with Gasteiger partial charge >= 0.3 is 0 Å². The van der Waals surface area contributed by atoms with Crippen molar-refractivity contribution in [3.05, 3.63) is 12.2 Å². The molecule has 0 N–H and O–H groups in total. The number of unbranched alkanes of at least 4 members (excludes halogenated alkanes) is 1. The highest BCUT2D eigenvalue weighted by atomic mass is 16.2. The van der Waals surface area contributed by atoms with Gasteiger partial charge in [-0.2, -0.15) is 0 Å². The Hall–Kier alpha value is -0.790. The lowest BCUT2D eigenvalue weighted by Gasteiger charge is -2.21. The zero-order valence-electron chi connectivity index (χ0n) is 9.10. The average Bonchev–Trinajstić information content (AvgIpc) is 2.17. The van der Waals surface area contributed by atoms with E-state index in [1.807, 2.05) is 18.7 Å². The summed E-state index contributed by atoms with van der Waals surface area (Å²) >= 11 is 0. The van der Waals surface area contributed by atoms with Gasteiger partial charge in [-0.05, 0) is 19.8 Å². The van der Waals surface area contributed by atoms with Crippen molar-refractivity contribution in [1.29, 1.82) is 0 Å². The summed E-state index contributed by atoms with van der Waals surface area (Å²) in [6, 6.07) is 0. The summed E-state index contributed by atoms with van der Waals surface area (Å²) in [6.07, 6.45) is 2.96. The third kappa shape index (κ3) is 4.11. The highest BCUT2D eigenvalue weighted by Gasteiger charge is 2.12.